The van der Waals surface area contributed by atoms with E-state index in [2.05, 4.69) is 47.0 Å². The van der Waals surface area contributed by atoms with Crippen molar-refractivity contribution in [1.29, 1.82) is 0 Å². The van der Waals surface area contributed by atoms with E-state index in [9.17, 15) is 0 Å². The number of hydrogen-bond donors (Lipinski definition) is 2. The van der Waals surface area contributed by atoms with Gasteiger partial charge in [-0.15, -0.1) is 0 Å². The van der Waals surface area contributed by atoms with Crippen molar-refractivity contribution in [3.8, 4) is 0 Å². The molecule has 4 aromatic carbocycles. The van der Waals surface area contributed by atoms with Gasteiger partial charge in [0.25, 0.3) is 0 Å². The van der Waals surface area contributed by atoms with Gasteiger partial charge in [-0.1, -0.05) is 84.9 Å². The summed E-state index contributed by atoms with van der Waals surface area (Å²) in [4.78, 5) is 10.4. The SMILES string of the molecule is c1ccc(C2=Nc3ccccc3NCCNc3ccccc3N=C2c2ccccc2)cc1. The van der Waals surface area contributed by atoms with Crippen molar-refractivity contribution >= 4 is 34.2 Å². The first-order valence-corrected chi connectivity index (χ1v) is 10.8. The largest absolute Gasteiger partial charge is 0.382 e. The van der Waals surface area contributed by atoms with Crippen LogP contribution in [0.2, 0.25) is 0 Å². The minimum absolute atomic E-state index is 0.775. The van der Waals surface area contributed by atoms with Gasteiger partial charge >= 0.3 is 0 Å². The van der Waals surface area contributed by atoms with Crippen LogP contribution in [0.4, 0.5) is 22.7 Å². The van der Waals surface area contributed by atoms with Gasteiger partial charge < -0.3 is 10.6 Å². The summed E-state index contributed by atoms with van der Waals surface area (Å²) in [6.45, 7) is 1.55. The Bertz CT molecular complexity index is 1160. The number of benzene rings is 4. The third kappa shape index (κ3) is 4.30. The van der Waals surface area contributed by atoms with Crippen LogP contribution in [0, 0.1) is 0 Å². The van der Waals surface area contributed by atoms with Crippen LogP contribution in [0.1, 0.15) is 11.1 Å². The molecule has 4 nitrogen and oxygen atoms in total. The average molecular weight is 417 g/mol. The van der Waals surface area contributed by atoms with E-state index in [1.165, 1.54) is 0 Å². The van der Waals surface area contributed by atoms with E-state index in [1.54, 1.807) is 0 Å². The lowest BCUT2D eigenvalue weighted by Crippen LogP contribution is -2.18. The summed E-state index contributed by atoms with van der Waals surface area (Å²) < 4.78 is 0. The molecule has 0 unspecified atom stereocenters. The van der Waals surface area contributed by atoms with Gasteiger partial charge in [0.1, 0.15) is 0 Å². The van der Waals surface area contributed by atoms with Crippen molar-refractivity contribution in [2.75, 3.05) is 23.7 Å². The van der Waals surface area contributed by atoms with Crippen molar-refractivity contribution in [3.63, 3.8) is 0 Å². The fourth-order valence-corrected chi connectivity index (χ4v) is 3.78. The Hall–Kier alpha value is -4.18. The van der Waals surface area contributed by atoms with Gasteiger partial charge in [-0.2, -0.15) is 0 Å². The second-order valence-corrected chi connectivity index (χ2v) is 7.54. The maximum Gasteiger partial charge on any atom is 0.0973 e. The molecule has 1 aliphatic rings. The van der Waals surface area contributed by atoms with Gasteiger partial charge in [-0.3, -0.25) is 0 Å². The Morgan fingerprint density at radius 3 is 1.25 bits per heavy atom. The molecule has 0 aromatic heterocycles. The minimum atomic E-state index is 0.775. The number of para-hydroxylation sites is 4. The van der Waals surface area contributed by atoms with Crippen molar-refractivity contribution in [3.05, 3.63) is 120 Å². The molecule has 4 aromatic rings. The smallest absolute Gasteiger partial charge is 0.0973 e. The van der Waals surface area contributed by atoms with Crippen LogP contribution >= 0.6 is 0 Å². The topological polar surface area (TPSA) is 48.8 Å². The minimum Gasteiger partial charge on any atom is -0.382 e. The van der Waals surface area contributed by atoms with Crippen LogP contribution in [-0.4, -0.2) is 24.5 Å². The molecule has 0 saturated heterocycles. The molecule has 0 aliphatic carbocycles. The monoisotopic (exact) mass is 416 g/mol. The fraction of sp³-hybridized carbons (Fsp3) is 0.0714. The van der Waals surface area contributed by atoms with E-state index >= 15 is 0 Å². The van der Waals surface area contributed by atoms with Crippen molar-refractivity contribution < 1.29 is 0 Å². The molecule has 32 heavy (non-hydrogen) atoms. The van der Waals surface area contributed by atoms with Crippen LogP contribution in [0.25, 0.3) is 0 Å². The van der Waals surface area contributed by atoms with Crippen molar-refractivity contribution in [2.45, 2.75) is 0 Å². The van der Waals surface area contributed by atoms with E-state index in [0.717, 1.165) is 58.4 Å². The lowest BCUT2D eigenvalue weighted by atomic mass is 9.99. The van der Waals surface area contributed by atoms with Gasteiger partial charge in [-0.05, 0) is 24.3 Å². The molecule has 5 rings (SSSR count). The quantitative estimate of drug-likeness (QED) is 0.394. The number of anilines is 2. The summed E-state index contributed by atoms with van der Waals surface area (Å²) >= 11 is 0. The molecular formula is C28H24N4. The summed E-state index contributed by atoms with van der Waals surface area (Å²) in [5.41, 5.74) is 7.50. The second kappa shape index (κ2) is 9.31. The second-order valence-electron chi connectivity index (χ2n) is 7.54. The van der Waals surface area contributed by atoms with Gasteiger partial charge in [0.15, 0.2) is 0 Å². The van der Waals surface area contributed by atoms with Crippen molar-refractivity contribution in [1.82, 2.24) is 0 Å². The fourth-order valence-electron chi connectivity index (χ4n) is 3.78. The van der Waals surface area contributed by atoms with E-state index in [-0.39, 0.29) is 0 Å². The summed E-state index contributed by atoms with van der Waals surface area (Å²) in [5.74, 6) is 0. The summed E-state index contributed by atoms with van der Waals surface area (Å²) in [5, 5.41) is 7.06. The Morgan fingerprint density at radius 1 is 0.438 bits per heavy atom. The number of hydrogen-bond acceptors (Lipinski definition) is 4. The lowest BCUT2D eigenvalue weighted by molar-refractivity contribution is 1.08. The van der Waals surface area contributed by atoms with Gasteiger partial charge in [0, 0.05) is 24.2 Å². The maximum absolute atomic E-state index is 5.18. The third-order valence-electron chi connectivity index (χ3n) is 5.35. The number of fused-ring (bicyclic) bond motifs is 2. The Balaban J connectivity index is 1.81. The first-order chi connectivity index (χ1) is 15.9. The van der Waals surface area contributed by atoms with Crippen LogP contribution in [0.3, 0.4) is 0 Å². The highest BCUT2D eigenvalue weighted by atomic mass is 15.0. The highest BCUT2D eigenvalue weighted by Gasteiger charge is 2.17. The van der Waals surface area contributed by atoms with Gasteiger partial charge in [0.2, 0.25) is 0 Å². The number of nitrogens with zero attached hydrogens (tertiary/aromatic N) is 2. The molecule has 0 spiro atoms. The van der Waals surface area contributed by atoms with E-state index in [0.29, 0.717) is 0 Å². The normalized spacial score (nSPS) is 13.6. The highest BCUT2D eigenvalue weighted by Crippen LogP contribution is 2.30. The first kappa shape index (κ1) is 19.8. The maximum atomic E-state index is 5.18. The molecule has 0 amide bonds. The molecule has 0 bridgehead atoms. The first-order valence-electron chi connectivity index (χ1n) is 10.8. The summed E-state index contributed by atoms with van der Waals surface area (Å²) in [6, 6.07) is 36.9. The molecule has 1 heterocycles. The Kier molecular flexibility index (Phi) is 5.75. The standard InChI is InChI=1S/C28H24N4/c1-3-11-21(12-4-1)27-28(22-13-5-2-6-14-22)32-26-18-10-8-16-24(26)30-20-19-29-23-15-7-9-17-25(23)31-27/h1-18,29-30H,19-20H2. The van der Waals surface area contributed by atoms with Crippen LogP contribution < -0.4 is 10.6 Å². The number of rotatable bonds is 2. The van der Waals surface area contributed by atoms with Crippen LogP contribution in [-0.2, 0) is 0 Å². The molecule has 2 N–H and O–H groups in total. The predicted molar refractivity (Wildman–Crippen MR) is 135 cm³/mol. The van der Waals surface area contributed by atoms with Crippen LogP contribution in [0.5, 0.6) is 0 Å². The molecule has 0 atom stereocenters. The van der Waals surface area contributed by atoms with Gasteiger partial charge in [0.05, 0.1) is 34.2 Å². The Labute approximate surface area is 188 Å². The zero-order valence-electron chi connectivity index (χ0n) is 17.7. The lowest BCUT2D eigenvalue weighted by Gasteiger charge is -2.17. The predicted octanol–water partition coefficient (Wildman–Crippen LogP) is 6.47. The Morgan fingerprint density at radius 2 is 0.812 bits per heavy atom. The van der Waals surface area contributed by atoms with Gasteiger partial charge in [-0.25, -0.2) is 9.98 Å². The third-order valence-corrected chi connectivity index (χ3v) is 5.35. The number of nitrogens with one attached hydrogen (secondary N) is 2. The molecule has 156 valence electrons. The number of aliphatic imine (C=N–C) groups is 2. The summed E-state index contributed by atoms with van der Waals surface area (Å²) in [7, 11) is 0. The molecule has 4 heteroatoms. The molecular weight excluding hydrogens is 392 g/mol. The van der Waals surface area contributed by atoms with E-state index in [1.807, 2.05) is 72.8 Å². The van der Waals surface area contributed by atoms with Crippen LogP contribution in [0.15, 0.2) is 119 Å². The molecule has 0 saturated carbocycles. The summed E-state index contributed by atoms with van der Waals surface area (Å²) in [6.07, 6.45) is 0. The van der Waals surface area contributed by atoms with E-state index in [4.69, 9.17) is 9.98 Å². The average Bonchev–Trinajstić information content (AvgIpc) is 2.86. The highest BCUT2D eigenvalue weighted by molar-refractivity contribution is 6.54. The zero-order valence-corrected chi connectivity index (χ0v) is 17.7. The molecule has 0 radical (unpaired) electrons. The zero-order chi connectivity index (χ0) is 21.6. The molecule has 0 fully saturated rings. The van der Waals surface area contributed by atoms with Crippen molar-refractivity contribution in [2.24, 2.45) is 9.98 Å². The van der Waals surface area contributed by atoms with E-state index < -0.39 is 0 Å². The molecule has 1 aliphatic heterocycles.